The molecule has 32 heavy (non-hydrogen) atoms. The Hall–Kier alpha value is -3.60. The fraction of sp³-hybridized carbons (Fsp3) is 0.259. The first-order chi connectivity index (χ1) is 15.6. The van der Waals surface area contributed by atoms with Gasteiger partial charge in [0.2, 0.25) is 5.91 Å². The molecule has 1 atom stereocenters. The van der Waals surface area contributed by atoms with Crippen molar-refractivity contribution in [2.45, 2.75) is 32.2 Å². The SMILES string of the molecule is COc1ccccc1[C@@H](CC(=O)N1CCc2ccccc2C1)c1cnc2cc(C)ccn12. The van der Waals surface area contributed by atoms with E-state index >= 15 is 0 Å². The summed E-state index contributed by atoms with van der Waals surface area (Å²) in [6, 6.07) is 20.5. The van der Waals surface area contributed by atoms with E-state index in [2.05, 4.69) is 52.7 Å². The number of amides is 1. The predicted molar refractivity (Wildman–Crippen MR) is 125 cm³/mol. The van der Waals surface area contributed by atoms with Gasteiger partial charge >= 0.3 is 0 Å². The third-order valence-electron chi connectivity index (χ3n) is 6.43. The Kier molecular flexibility index (Phi) is 5.39. The fourth-order valence-corrected chi connectivity index (χ4v) is 4.70. The Morgan fingerprint density at radius 1 is 1.09 bits per heavy atom. The van der Waals surface area contributed by atoms with E-state index in [1.807, 2.05) is 41.6 Å². The van der Waals surface area contributed by atoms with Gasteiger partial charge in [-0.2, -0.15) is 0 Å². The van der Waals surface area contributed by atoms with Gasteiger partial charge < -0.3 is 14.0 Å². The minimum atomic E-state index is -0.159. The van der Waals surface area contributed by atoms with Gasteiger partial charge in [-0.15, -0.1) is 0 Å². The molecule has 0 fully saturated rings. The Balaban J connectivity index is 1.51. The molecule has 0 aliphatic carbocycles. The summed E-state index contributed by atoms with van der Waals surface area (Å²) in [4.78, 5) is 20.1. The largest absolute Gasteiger partial charge is 0.496 e. The van der Waals surface area contributed by atoms with Gasteiger partial charge in [-0.05, 0) is 48.2 Å². The molecule has 0 bridgehead atoms. The van der Waals surface area contributed by atoms with Crippen LogP contribution in [0.3, 0.4) is 0 Å². The molecule has 4 aromatic rings. The fourth-order valence-electron chi connectivity index (χ4n) is 4.70. The van der Waals surface area contributed by atoms with Crippen LogP contribution in [0.1, 0.15) is 40.3 Å². The third kappa shape index (κ3) is 3.75. The van der Waals surface area contributed by atoms with Crippen LogP contribution in [0.2, 0.25) is 0 Å². The molecule has 1 aliphatic heterocycles. The van der Waals surface area contributed by atoms with Crippen LogP contribution in [0.15, 0.2) is 73.1 Å². The zero-order valence-corrected chi connectivity index (χ0v) is 18.5. The summed E-state index contributed by atoms with van der Waals surface area (Å²) in [5.74, 6) is 0.780. The van der Waals surface area contributed by atoms with E-state index in [0.717, 1.165) is 41.2 Å². The number of para-hydroxylation sites is 1. The highest BCUT2D eigenvalue weighted by Crippen LogP contribution is 2.35. The van der Waals surface area contributed by atoms with Gasteiger partial charge in [-0.3, -0.25) is 4.79 Å². The van der Waals surface area contributed by atoms with Gasteiger partial charge in [-0.25, -0.2) is 4.98 Å². The summed E-state index contributed by atoms with van der Waals surface area (Å²) in [5, 5.41) is 0. The first-order valence-electron chi connectivity index (χ1n) is 11.0. The molecule has 5 heteroatoms. The second-order valence-electron chi connectivity index (χ2n) is 8.45. The van der Waals surface area contributed by atoms with Crippen molar-refractivity contribution in [3.63, 3.8) is 0 Å². The van der Waals surface area contributed by atoms with E-state index in [9.17, 15) is 4.79 Å². The molecule has 2 aromatic carbocycles. The van der Waals surface area contributed by atoms with Crippen molar-refractivity contribution in [1.29, 1.82) is 0 Å². The van der Waals surface area contributed by atoms with Crippen LogP contribution in [-0.4, -0.2) is 33.8 Å². The van der Waals surface area contributed by atoms with Crippen LogP contribution in [0.4, 0.5) is 0 Å². The minimum Gasteiger partial charge on any atom is -0.496 e. The molecule has 3 heterocycles. The molecular weight excluding hydrogens is 398 g/mol. The summed E-state index contributed by atoms with van der Waals surface area (Å²) in [7, 11) is 1.68. The maximum absolute atomic E-state index is 13.5. The van der Waals surface area contributed by atoms with Crippen LogP contribution in [0, 0.1) is 6.92 Å². The molecular formula is C27H27N3O2. The number of carbonyl (C=O) groups is 1. The van der Waals surface area contributed by atoms with Gasteiger partial charge in [0.05, 0.1) is 12.8 Å². The number of benzene rings is 2. The van der Waals surface area contributed by atoms with Gasteiger partial charge in [0.25, 0.3) is 0 Å². The molecule has 0 unspecified atom stereocenters. The lowest BCUT2D eigenvalue weighted by molar-refractivity contribution is -0.132. The quantitative estimate of drug-likeness (QED) is 0.463. The second kappa shape index (κ2) is 8.50. The lowest BCUT2D eigenvalue weighted by Crippen LogP contribution is -2.36. The highest BCUT2D eigenvalue weighted by molar-refractivity contribution is 5.78. The zero-order valence-electron chi connectivity index (χ0n) is 18.5. The number of carbonyl (C=O) groups excluding carboxylic acids is 1. The van der Waals surface area contributed by atoms with Crippen molar-refractivity contribution in [3.05, 3.63) is 101 Å². The average molecular weight is 426 g/mol. The molecule has 0 saturated heterocycles. The van der Waals surface area contributed by atoms with Crippen molar-refractivity contribution in [2.75, 3.05) is 13.7 Å². The van der Waals surface area contributed by atoms with Gasteiger partial charge in [0.15, 0.2) is 0 Å². The van der Waals surface area contributed by atoms with Crippen LogP contribution in [0.25, 0.3) is 5.65 Å². The number of methoxy groups -OCH3 is 1. The van der Waals surface area contributed by atoms with E-state index < -0.39 is 0 Å². The lowest BCUT2D eigenvalue weighted by atomic mass is 9.90. The normalized spacial score (nSPS) is 14.2. The number of aromatic nitrogens is 2. The number of nitrogens with zero attached hydrogens (tertiary/aromatic N) is 3. The van der Waals surface area contributed by atoms with Crippen LogP contribution >= 0.6 is 0 Å². The van der Waals surface area contributed by atoms with E-state index in [4.69, 9.17) is 4.74 Å². The minimum absolute atomic E-state index is 0.150. The number of pyridine rings is 1. The van der Waals surface area contributed by atoms with E-state index in [1.54, 1.807) is 7.11 Å². The Bertz CT molecular complexity index is 1280. The zero-order chi connectivity index (χ0) is 22.1. The second-order valence-corrected chi connectivity index (χ2v) is 8.45. The topological polar surface area (TPSA) is 46.8 Å². The standard InChI is InChI=1S/C27H27N3O2/c1-19-11-14-30-24(17-28-26(30)15-19)23(22-9-5-6-10-25(22)32-2)16-27(31)29-13-12-20-7-3-4-8-21(20)18-29/h3-11,14-15,17,23H,12-13,16,18H2,1-2H3/t23-/m1/s1. The van der Waals surface area contributed by atoms with Gasteiger partial charge in [0, 0.05) is 43.4 Å². The maximum Gasteiger partial charge on any atom is 0.223 e. The van der Waals surface area contributed by atoms with E-state index in [-0.39, 0.29) is 11.8 Å². The highest BCUT2D eigenvalue weighted by Gasteiger charge is 2.28. The molecule has 0 radical (unpaired) electrons. The smallest absolute Gasteiger partial charge is 0.223 e. The molecule has 1 aliphatic rings. The lowest BCUT2D eigenvalue weighted by Gasteiger charge is -2.30. The Morgan fingerprint density at radius 2 is 1.88 bits per heavy atom. The van der Waals surface area contributed by atoms with Crippen molar-refractivity contribution >= 4 is 11.6 Å². The Labute approximate surface area is 188 Å². The summed E-state index contributed by atoms with van der Waals surface area (Å²) >= 11 is 0. The number of hydrogen-bond acceptors (Lipinski definition) is 3. The molecule has 5 nitrogen and oxygen atoms in total. The van der Waals surface area contributed by atoms with Crippen LogP contribution in [0.5, 0.6) is 5.75 Å². The molecule has 5 rings (SSSR count). The number of fused-ring (bicyclic) bond motifs is 2. The van der Waals surface area contributed by atoms with E-state index in [1.165, 1.54) is 11.1 Å². The number of aryl methyl sites for hydroxylation is 1. The number of ether oxygens (including phenoxy) is 1. The third-order valence-corrected chi connectivity index (χ3v) is 6.43. The maximum atomic E-state index is 13.5. The number of hydrogen-bond donors (Lipinski definition) is 0. The van der Waals surface area contributed by atoms with Crippen LogP contribution < -0.4 is 4.74 Å². The van der Waals surface area contributed by atoms with Crippen LogP contribution in [-0.2, 0) is 17.8 Å². The summed E-state index contributed by atoms with van der Waals surface area (Å²) < 4.78 is 7.76. The first-order valence-corrected chi connectivity index (χ1v) is 11.0. The van der Waals surface area contributed by atoms with Gasteiger partial charge in [-0.1, -0.05) is 42.5 Å². The molecule has 0 spiro atoms. The van der Waals surface area contributed by atoms with Crippen molar-refractivity contribution in [3.8, 4) is 5.75 Å². The van der Waals surface area contributed by atoms with Crippen molar-refractivity contribution in [1.82, 2.24) is 14.3 Å². The first kappa shape index (κ1) is 20.3. The van der Waals surface area contributed by atoms with Crippen molar-refractivity contribution in [2.24, 2.45) is 0 Å². The average Bonchev–Trinajstić information content (AvgIpc) is 3.24. The highest BCUT2D eigenvalue weighted by atomic mass is 16.5. The molecule has 0 N–H and O–H groups in total. The molecule has 0 saturated carbocycles. The monoisotopic (exact) mass is 425 g/mol. The van der Waals surface area contributed by atoms with Crippen molar-refractivity contribution < 1.29 is 9.53 Å². The predicted octanol–water partition coefficient (Wildman–Crippen LogP) is 4.76. The molecule has 162 valence electrons. The summed E-state index contributed by atoms with van der Waals surface area (Å²) in [5.41, 5.74) is 6.63. The van der Waals surface area contributed by atoms with E-state index in [0.29, 0.717) is 13.0 Å². The summed E-state index contributed by atoms with van der Waals surface area (Å²) in [6.07, 6.45) is 5.20. The molecule has 2 aromatic heterocycles. The Morgan fingerprint density at radius 3 is 2.72 bits per heavy atom. The van der Waals surface area contributed by atoms with Gasteiger partial charge in [0.1, 0.15) is 11.4 Å². The summed E-state index contributed by atoms with van der Waals surface area (Å²) in [6.45, 7) is 3.48. The molecule has 1 amide bonds. The number of imidazole rings is 1. The number of rotatable bonds is 5.